The fourth-order valence-electron chi connectivity index (χ4n) is 2.05. The summed E-state index contributed by atoms with van der Waals surface area (Å²) >= 11 is 0. The molecule has 0 atom stereocenters. The summed E-state index contributed by atoms with van der Waals surface area (Å²) in [6, 6.07) is 3.59. The summed E-state index contributed by atoms with van der Waals surface area (Å²) in [4.78, 5) is 11.6. The molecule has 0 spiro atoms. The van der Waals surface area contributed by atoms with Gasteiger partial charge >= 0.3 is 13.2 Å². The summed E-state index contributed by atoms with van der Waals surface area (Å²) in [5.74, 6) is 0.612. The lowest BCUT2D eigenvalue weighted by Gasteiger charge is -2.32. The third kappa shape index (κ3) is 4.29. The number of carbonyl (C=O) groups is 1. The number of carbonyl (C=O) groups excluding carboxylic acids is 1. The average Bonchev–Trinajstić information content (AvgIpc) is 2.88. The topological polar surface area (TPSA) is 69.9 Å². The highest BCUT2D eigenvalue weighted by Gasteiger charge is 2.53. The molecule has 1 aliphatic heterocycles. The molecule has 0 aliphatic carbocycles. The maximum Gasteiger partial charge on any atom is 0.532 e. The molecule has 7 heteroatoms. The Kier molecular flexibility index (Phi) is 4.56. The molecule has 1 aromatic heterocycles. The number of ether oxygens (including phenoxy) is 1. The second-order valence-electron chi connectivity index (χ2n) is 7.75. The second-order valence-corrected chi connectivity index (χ2v) is 7.75. The Hall–Kier alpha value is -1.47. The van der Waals surface area contributed by atoms with Crippen LogP contribution in [0.2, 0.25) is 0 Å². The Morgan fingerprint density at radius 1 is 1.17 bits per heavy atom. The molecule has 0 unspecified atom stereocenters. The van der Waals surface area contributed by atoms with Gasteiger partial charge in [-0.1, -0.05) is 0 Å². The van der Waals surface area contributed by atoms with E-state index in [1.807, 2.05) is 48.5 Å². The van der Waals surface area contributed by atoms with Crippen LogP contribution in [0.25, 0.3) is 0 Å². The molecule has 128 valence electrons. The predicted molar refractivity (Wildman–Crippen MR) is 87.5 cm³/mol. The first-order valence-electron chi connectivity index (χ1n) is 7.81. The quantitative estimate of drug-likeness (QED) is 0.866. The van der Waals surface area contributed by atoms with Gasteiger partial charge in [-0.2, -0.15) is 0 Å². The molecule has 1 saturated heterocycles. The van der Waals surface area contributed by atoms with Crippen LogP contribution >= 0.6 is 0 Å². The highest BCUT2D eigenvalue weighted by molar-refractivity contribution is 6.60. The van der Waals surface area contributed by atoms with Gasteiger partial charge in [-0.25, -0.2) is 4.79 Å². The van der Waals surface area contributed by atoms with Crippen molar-refractivity contribution >= 4 is 18.9 Å². The van der Waals surface area contributed by atoms with Crippen molar-refractivity contribution in [2.24, 2.45) is 0 Å². The number of furan rings is 1. The fourth-order valence-corrected chi connectivity index (χ4v) is 2.05. The van der Waals surface area contributed by atoms with Crippen molar-refractivity contribution in [1.29, 1.82) is 0 Å². The Bertz CT molecular complexity index is 557. The number of nitrogens with one attached hydrogen (secondary N) is 1. The van der Waals surface area contributed by atoms with E-state index in [0.29, 0.717) is 11.4 Å². The van der Waals surface area contributed by atoms with E-state index >= 15 is 0 Å². The van der Waals surface area contributed by atoms with Crippen LogP contribution in [0.4, 0.5) is 4.79 Å². The van der Waals surface area contributed by atoms with E-state index < -0.39 is 30.0 Å². The standard InChI is InChI=1S/C16H26BNO5/c1-14(2,3)21-13(19)18-10-11-8-9-12(20-11)17-22-15(4,5)16(6,7)23-17/h8-9H,10H2,1-7H3,(H,18,19). The first-order chi connectivity index (χ1) is 10.4. The van der Waals surface area contributed by atoms with Crippen molar-refractivity contribution < 1.29 is 23.3 Å². The summed E-state index contributed by atoms with van der Waals surface area (Å²) in [5.41, 5.74) is -0.774. The largest absolute Gasteiger partial charge is 0.532 e. The van der Waals surface area contributed by atoms with E-state index in [9.17, 15) is 4.79 Å². The molecule has 2 rings (SSSR count). The molecule has 0 saturated carbocycles. The van der Waals surface area contributed by atoms with Crippen LogP contribution in [-0.2, 0) is 20.6 Å². The van der Waals surface area contributed by atoms with Crippen LogP contribution in [0.15, 0.2) is 16.5 Å². The molecule has 1 amide bonds. The summed E-state index contributed by atoms with van der Waals surface area (Å²) in [5, 5.41) is 2.66. The molecule has 0 aromatic carbocycles. The zero-order chi connectivity index (χ0) is 17.5. The number of alkyl carbamates (subject to hydrolysis) is 1. The fraction of sp³-hybridized carbons (Fsp3) is 0.688. The van der Waals surface area contributed by atoms with Gasteiger partial charge < -0.3 is 23.8 Å². The molecule has 23 heavy (non-hydrogen) atoms. The van der Waals surface area contributed by atoms with E-state index in [-0.39, 0.29) is 6.54 Å². The molecule has 0 radical (unpaired) electrons. The van der Waals surface area contributed by atoms with Crippen LogP contribution in [0, 0.1) is 0 Å². The van der Waals surface area contributed by atoms with Gasteiger partial charge in [0.25, 0.3) is 0 Å². The normalized spacial score (nSPS) is 19.7. The minimum atomic E-state index is -0.546. The maximum absolute atomic E-state index is 11.6. The first-order valence-corrected chi connectivity index (χ1v) is 7.81. The lowest BCUT2D eigenvalue weighted by molar-refractivity contribution is 0.00578. The highest BCUT2D eigenvalue weighted by atomic mass is 16.7. The number of hydrogen-bond acceptors (Lipinski definition) is 5. The maximum atomic E-state index is 11.6. The number of hydrogen-bond donors (Lipinski definition) is 1. The zero-order valence-electron chi connectivity index (χ0n) is 15.0. The third-order valence-electron chi connectivity index (χ3n) is 3.97. The van der Waals surface area contributed by atoms with Gasteiger partial charge in [0.2, 0.25) is 0 Å². The van der Waals surface area contributed by atoms with E-state index in [1.54, 1.807) is 12.1 Å². The van der Waals surface area contributed by atoms with Gasteiger partial charge in [0, 0.05) is 0 Å². The molecule has 0 bridgehead atoms. The third-order valence-corrected chi connectivity index (χ3v) is 3.97. The SMILES string of the molecule is CC(C)(C)OC(=O)NCc1ccc(B2OC(C)(C)C(C)(C)O2)o1. The van der Waals surface area contributed by atoms with Crippen LogP contribution < -0.4 is 11.0 Å². The average molecular weight is 323 g/mol. The molecule has 1 aromatic rings. The van der Waals surface area contributed by atoms with Crippen molar-refractivity contribution in [3.05, 3.63) is 17.9 Å². The highest BCUT2D eigenvalue weighted by Crippen LogP contribution is 2.36. The predicted octanol–water partition coefficient (Wildman–Crippen LogP) is 2.60. The summed E-state index contributed by atoms with van der Waals surface area (Å²) in [6.07, 6.45) is -0.480. The summed E-state index contributed by atoms with van der Waals surface area (Å²) in [6.45, 7) is 13.6. The van der Waals surface area contributed by atoms with Gasteiger partial charge in [-0.15, -0.1) is 0 Å². The van der Waals surface area contributed by atoms with E-state index in [1.165, 1.54) is 0 Å². The smallest absolute Gasteiger partial charge is 0.468 e. The van der Waals surface area contributed by atoms with E-state index in [2.05, 4.69) is 5.32 Å². The molecule has 1 aliphatic rings. The molecular formula is C16H26BNO5. The Labute approximate surface area is 138 Å². The van der Waals surface area contributed by atoms with Gasteiger partial charge in [0.1, 0.15) is 17.0 Å². The van der Waals surface area contributed by atoms with Crippen LogP contribution in [0.1, 0.15) is 54.2 Å². The Morgan fingerprint density at radius 2 is 1.74 bits per heavy atom. The van der Waals surface area contributed by atoms with Crippen molar-refractivity contribution in [3.63, 3.8) is 0 Å². The summed E-state index contributed by atoms with van der Waals surface area (Å²) < 4.78 is 22.7. The van der Waals surface area contributed by atoms with Crippen molar-refractivity contribution in [3.8, 4) is 0 Å². The van der Waals surface area contributed by atoms with E-state index in [4.69, 9.17) is 18.5 Å². The first kappa shape index (κ1) is 17.9. The van der Waals surface area contributed by atoms with Gasteiger partial charge in [0.05, 0.1) is 17.7 Å². The minimum Gasteiger partial charge on any atom is -0.468 e. The monoisotopic (exact) mass is 323 g/mol. The Balaban J connectivity index is 1.93. The van der Waals surface area contributed by atoms with Gasteiger partial charge in [-0.05, 0) is 60.6 Å². The molecule has 1 N–H and O–H groups in total. The second kappa shape index (κ2) is 5.87. The van der Waals surface area contributed by atoms with Crippen molar-refractivity contribution in [2.75, 3.05) is 0 Å². The number of amides is 1. The van der Waals surface area contributed by atoms with E-state index in [0.717, 1.165) is 0 Å². The minimum absolute atomic E-state index is 0.244. The van der Waals surface area contributed by atoms with Crippen molar-refractivity contribution in [2.45, 2.75) is 71.8 Å². The summed E-state index contributed by atoms with van der Waals surface area (Å²) in [7, 11) is -0.546. The molecule has 6 nitrogen and oxygen atoms in total. The molecular weight excluding hydrogens is 297 g/mol. The lowest BCUT2D eigenvalue weighted by Crippen LogP contribution is -2.41. The molecule has 2 heterocycles. The van der Waals surface area contributed by atoms with Crippen LogP contribution in [0.5, 0.6) is 0 Å². The van der Waals surface area contributed by atoms with Crippen molar-refractivity contribution in [1.82, 2.24) is 5.32 Å². The van der Waals surface area contributed by atoms with Crippen LogP contribution in [-0.4, -0.2) is 30.0 Å². The van der Waals surface area contributed by atoms with Gasteiger partial charge in [-0.3, -0.25) is 0 Å². The zero-order valence-corrected chi connectivity index (χ0v) is 15.0. The molecule has 1 fully saturated rings. The Morgan fingerprint density at radius 3 is 2.26 bits per heavy atom. The number of rotatable bonds is 3. The van der Waals surface area contributed by atoms with Gasteiger partial charge in [0.15, 0.2) is 0 Å². The lowest BCUT2D eigenvalue weighted by atomic mass is 9.86. The van der Waals surface area contributed by atoms with Crippen LogP contribution in [0.3, 0.4) is 0 Å².